The summed E-state index contributed by atoms with van der Waals surface area (Å²) in [5.41, 5.74) is 0. The van der Waals surface area contributed by atoms with Crippen molar-refractivity contribution in [2.75, 3.05) is 45.4 Å². The zero-order chi connectivity index (χ0) is 15.6. The standard InChI is InChI=1S/C13H22N2O5S/c1-14(11-3-6-21(18,19)9-11)13(17)10-7-12(16)15(8-10)4-5-20-2/h10-11H,3-9H2,1-2H3. The van der Waals surface area contributed by atoms with E-state index >= 15 is 0 Å². The molecule has 0 bridgehead atoms. The topological polar surface area (TPSA) is 84.0 Å². The summed E-state index contributed by atoms with van der Waals surface area (Å²) in [7, 11) is 0.183. The van der Waals surface area contributed by atoms with E-state index in [-0.39, 0.29) is 41.7 Å². The fraction of sp³-hybridized carbons (Fsp3) is 0.846. The molecule has 0 N–H and O–H groups in total. The van der Waals surface area contributed by atoms with Gasteiger partial charge in [0.15, 0.2) is 9.84 Å². The molecule has 2 unspecified atom stereocenters. The maximum Gasteiger partial charge on any atom is 0.228 e. The molecule has 2 aliphatic rings. The van der Waals surface area contributed by atoms with E-state index in [1.165, 1.54) is 4.90 Å². The van der Waals surface area contributed by atoms with Gasteiger partial charge in [0.1, 0.15) is 0 Å². The van der Waals surface area contributed by atoms with Gasteiger partial charge in [0.2, 0.25) is 11.8 Å². The van der Waals surface area contributed by atoms with Crippen molar-refractivity contribution >= 4 is 21.7 Å². The Morgan fingerprint density at radius 1 is 1.48 bits per heavy atom. The monoisotopic (exact) mass is 318 g/mol. The van der Waals surface area contributed by atoms with Gasteiger partial charge in [0.05, 0.1) is 24.0 Å². The highest BCUT2D eigenvalue weighted by atomic mass is 32.2. The van der Waals surface area contributed by atoms with Crippen LogP contribution in [0.2, 0.25) is 0 Å². The minimum absolute atomic E-state index is 0.0310. The average molecular weight is 318 g/mol. The van der Waals surface area contributed by atoms with Crippen LogP contribution >= 0.6 is 0 Å². The lowest BCUT2D eigenvalue weighted by atomic mass is 10.1. The zero-order valence-electron chi connectivity index (χ0n) is 12.4. The smallest absolute Gasteiger partial charge is 0.228 e. The Kier molecular flexibility index (Phi) is 4.88. The molecule has 2 heterocycles. The second kappa shape index (κ2) is 6.31. The Labute approximate surface area is 125 Å². The number of nitrogens with zero attached hydrogens (tertiary/aromatic N) is 2. The van der Waals surface area contributed by atoms with Gasteiger partial charge < -0.3 is 14.5 Å². The molecule has 0 aromatic heterocycles. The largest absolute Gasteiger partial charge is 0.383 e. The Bertz CT molecular complexity index is 519. The molecule has 120 valence electrons. The SMILES string of the molecule is COCCN1CC(C(=O)N(C)C2CCS(=O)(=O)C2)CC1=O. The second-order valence-corrected chi connectivity index (χ2v) is 7.97. The molecule has 8 heteroatoms. The van der Waals surface area contributed by atoms with Gasteiger partial charge in [0.25, 0.3) is 0 Å². The van der Waals surface area contributed by atoms with E-state index in [0.29, 0.717) is 26.1 Å². The molecular formula is C13H22N2O5S. The van der Waals surface area contributed by atoms with Crippen molar-refractivity contribution < 1.29 is 22.7 Å². The highest BCUT2D eigenvalue weighted by molar-refractivity contribution is 7.91. The van der Waals surface area contributed by atoms with E-state index in [9.17, 15) is 18.0 Å². The lowest BCUT2D eigenvalue weighted by Gasteiger charge is -2.26. The first kappa shape index (κ1) is 16.2. The van der Waals surface area contributed by atoms with Crippen LogP contribution in [0.25, 0.3) is 0 Å². The predicted octanol–water partition coefficient (Wildman–Crippen LogP) is -0.873. The molecule has 2 fully saturated rings. The second-order valence-electron chi connectivity index (χ2n) is 5.74. The molecule has 2 saturated heterocycles. The molecule has 7 nitrogen and oxygen atoms in total. The van der Waals surface area contributed by atoms with E-state index in [2.05, 4.69) is 0 Å². The Hall–Kier alpha value is -1.15. The normalized spacial score (nSPS) is 28.1. The Morgan fingerprint density at radius 3 is 2.76 bits per heavy atom. The third kappa shape index (κ3) is 3.74. The van der Waals surface area contributed by atoms with Crippen molar-refractivity contribution in [3.8, 4) is 0 Å². The molecule has 2 rings (SSSR count). The van der Waals surface area contributed by atoms with E-state index in [1.54, 1.807) is 19.1 Å². The number of rotatable bonds is 5. The summed E-state index contributed by atoms with van der Waals surface area (Å²) >= 11 is 0. The number of hydrogen-bond acceptors (Lipinski definition) is 5. The summed E-state index contributed by atoms with van der Waals surface area (Å²) in [5.74, 6) is -0.381. The third-order valence-corrected chi connectivity index (χ3v) is 5.98. The molecule has 2 atom stereocenters. The van der Waals surface area contributed by atoms with Gasteiger partial charge in [-0.15, -0.1) is 0 Å². The molecule has 2 amide bonds. The summed E-state index contributed by atoms with van der Waals surface area (Å²) in [4.78, 5) is 27.4. The van der Waals surface area contributed by atoms with Gasteiger partial charge in [-0.2, -0.15) is 0 Å². The summed E-state index contributed by atoms with van der Waals surface area (Å²) < 4.78 is 27.9. The summed E-state index contributed by atoms with van der Waals surface area (Å²) in [6, 6.07) is -0.259. The fourth-order valence-electron chi connectivity index (χ4n) is 2.90. The van der Waals surface area contributed by atoms with Gasteiger partial charge in [0, 0.05) is 39.7 Å². The van der Waals surface area contributed by atoms with Gasteiger partial charge in [-0.05, 0) is 6.42 Å². The average Bonchev–Trinajstić information content (AvgIpc) is 2.97. The number of ether oxygens (including phenoxy) is 1. The summed E-state index contributed by atoms with van der Waals surface area (Å²) in [6.07, 6.45) is 0.686. The van der Waals surface area contributed by atoms with Crippen molar-refractivity contribution in [2.24, 2.45) is 5.92 Å². The van der Waals surface area contributed by atoms with Gasteiger partial charge in [-0.3, -0.25) is 9.59 Å². The number of carbonyl (C=O) groups is 2. The first-order valence-electron chi connectivity index (χ1n) is 7.08. The summed E-state index contributed by atoms with van der Waals surface area (Å²) in [5, 5.41) is 0. The minimum Gasteiger partial charge on any atom is -0.383 e. The van der Waals surface area contributed by atoms with E-state index in [4.69, 9.17) is 4.74 Å². The molecule has 0 aromatic carbocycles. The highest BCUT2D eigenvalue weighted by Crippen LogP contribution is 2.23. The number of carbonyl (C=O) groups excluding carboxylic acids is 2. The van der Waals surface area contributed by atoms with Crippen LogP contribution in [-0.4, -0.2) is 81.4 Å². The highest BCUT2D eigenvalue weighted by Gasteiger charge is 2.39. The number of methoxy groups -OCH3 is 1. The molecule has 0 aliphatic carbocycles. The summed E-state index contributed by atoms with van der Waals surface area (Å²) in [6.45, 7) is 1.33. The van der Waals surface area contributed by atoms with Crippen molar-refractivity contribution in [3.05, 3.63) is 0 Å². The van der Waals surface area contributed by atoms with Crippen LogP contribution in [0, 0.1) is 5.92 Å². The molecular weight excluding hydrogens is 296 g/mol. The lowest BCUT2D eigenvalue weighted by Crippen LogP contribution is -2.42. The zero-order valence-corrected chi connectivity index (χ0v) is 13.3. The maximum atomic E-state index is 12.4. The van der Waals surface area contributed by atoms with Gasteiger partial charge >= 0.3 is 0 Å². The first-order chi connectivity index (χ1) is 9.84. The molecule has 0 saturated carbocycles. The number of amides is 2. The van der Waals surface area contributed by atoms with Gasteiger partial charge in [-0.1, -0.05) is 0 Å². The minimum atomic E-state index is -3.02. The number of likely N-dealkylation sites (tertiary alicyclic amines) is 1. The maximum absolute atomic E-state index is 12.4. The van der Waals surface area contributed by atoms with Crippen molar-refractivity contribution in [1.82, 2.24) is 9.80 Å². The predicted molar refractivity (Wildman–Crippen MR) is 76.4 cm³/mol. The van der Waals surface area contributed by atoms with Crippen molar-refractivity contribution in [2.45, 2.75) is 18.9 Å². The van der Waals surface area contributed by atoms with E-state index in [1.807, 2.05) is 0 Å². The Balaban J connectivity index is 1.93. The van der Waals surface area contributed by atoms with Crippen LogP contribution in [-0.2, 0) is 24.2 Å². The lowest BCUT2D eigenvalue weighted by molar-refractivity contribution is -0.136. The van der Waals surface area contributed by atoms with Crippen LogP contribution in [0.1, 0.15) is 12.8 Å². The number of hydrogen-bond donors (Lipinski definition) is 0. The molecule has 0 aromatic rings. The molecule has 0 radical (unpaired) electrons. The van der Waals surface area contributed by atoms with Crippen LogP contribution in [0.4, 0.5) is 0 Å². The third-order valence-electron chi connectivity index (χ3n) is 4.23. The van der Waals surface area contributed by atoms with Crippen molar-refractivity contribution in [3.63, 3.8) is 0 Å². The van der Waals surface area contributed by atoms with Crippen LogP contribution in [0.3, 0.4) is 0 Å². The van der Waals surface area contributed by atoms with E-state index < -0.39 is 9.84 Å². The van der Waals surface area contributed by atoms with Crippen LogP contribution < -0.4 is 0 Å². The van der Waals surface area contributed by atoms with Crippen LogP contribution in [0.5, 0.6) is 0 Å². The molecule has 2 aliphatic heterocycles. The fourth-order valence-corrected chi connectivity index (χ4v) is 4.68. The first-order valence-corrected chi connectivity index (χ1v) is 8.90. The molecule has 21 heavy (non-hydrogen) atoms. The number of sulfone groups is 1. The Morgan fingerprint density at radius 2 is 2.19 bits per heavy atom. The molecule has 0 spiro atoms. The van der Waals surface area contributed by atoms with E-state index in [0.717, 1.165) is 0 Å². The van der Waals surface area contributed by atoms with Gasteiger partial charge in [-0.25, -0.2) is 8.42 Å². The van der Waals surface area contributed by atoms with Crippen molar-refractivity contribution in [1.29, 1.82) is 0 Å². The quantitative estimate of drug-likeness (QED) is 0.658. The van der Waals surface area contributed by atoms with Crippen LogP contribution in [0.15, 0.2) is 0 Å².